The zero-order chi connectivity index (χ0) is 18.7. The first-order valence-corrected chi connectivity index (χ1v) is 8.93. The third-order valence-corrected chi connectivity index (χ3v) is 4.49. The predicted octanol–water partition coefficient (Wildman–Crippen LogP) is 3.03. The second-order valence-corrected chi connectivity index (χ2v) is 7.62. The Bertz CT molecular complexity index is 775. The molecule has 1 aromatic carbocycles. The third-order valence-electron chi connectivity index (χ3n) is 4.49. The van der Waals surface area contributed by atoms with Crippen LogP contribution in [0, 0.1) is 5.82 Å². The summed E-state index contributed by atoms with van der Waals surface area (Å²) in [6.45, 7) is 7.97. The minimum absolute atomic E-state index is 0. The monoisotopic (exact) mass is 396 g/mol. The van der Waals surface area contributed by atoms with E-state index in [1.54, 1.807) is 6.07 Å². The second-order valence-electron chi connectivity index (χ2n) is 7.62. The fourth-order valence-corrected chi connectivity index (χ4v) is 3.03. The van der Waals surface area contributed by atoms with Crippen LogP contribution in [-0.2, 0) is 16.6 Å². The largest absolute Gasteiger partial charge is 0.339 e. The molecule has 1 aliphatic heterocycles. The standard InChI is InChI=1S/C19H25FN4O2.ClH/c1-19(2,3)18-22-16(26-23-18)7-8-17(25)24-10-9-21-12-15(24)13-5-4-6-14(20)11-13;/h4-6,11,15,21H,7-10,12H2,1-3H3;1H. The molecule has 0 radical (unpaired) electrons. The van der Waals surface area contributed by atoms with Gasteiger partial charge in [-0.2, -0.15) is 4.98 Å². The number of piperazine rings is 1. The van der Waals surface area contributed by atoms with Crippen LogP contribution in [0.1, 0.15) is 50.5 Å². The zero-order valence-electron chi connectivity index (χ0n) is 15.9. The molecule has 0 bridgehead atoms. The van der Waals surface area contributed by atoms with Gasteiger partial charge in [0.2, 0.25) is 11.8 Å². The van der Waals surface area contributed by atoms with Gasteiger partial charge < -0.3 is 14.7 Å². The maximum atomic E-state index is 13.6. The molecule has 1 unspecified atom stereocenters. The SMILES string of the molecule is CC(C)(C)c1noc(CCC(=O)N2CCNCC2c2cccc(F)c2)n1.Cl. The number of hydrogen-bond donors (Lipinski definition) is 1. The van der Waals surface area contributed by atoms with Crippen molar-refractivity contribution in [2.24, 2.45) is 0 Å². The van der Waals surface area contributed by atoms with Crippen molar-refractivity contribution >= 4 is 18.3 Å². The molecule has 27 heavy (non-hydrogen) atoms. The van der Waals surface area contributed by atoms with Gasteiger partial charge in [0.25, 0.3) is 0 Å². The molecule has 0 spiro atoms. The lowest BCUT2D eigenvalue weighted by atomic mass is 9.96. The Labute approximate surface area is 164 Å². The van der Waals surface area contributed by atoms with Crippen LogP contribution in [0.4, 0.5) is 4.39 Å². The van der Waals surface area contributed by atoms with Crippen molar-refractivity contribution < 1.29 is 13.7 Å². The summed E-state index contributed by atoms with van der Waals surface area (Å²) < 4.78 is 18.8. The molecule has 1 aromatic heterocycles. The van der Waals surface area contributed by atoms with Gasteiger partial charge in [0.1, 0.15) is 5.82 Å². The molecule has 1 fully saturated rings. The lowest BCUT2D eigenvalue weighted by molar-refractivity contribution is -0.134. The highest BCUT2D eigenvalue weighted by molar-refractivity contribution is 5.85. The molecule has 2 heterocycles. The molecule has 1 saturated heterocycles. The Morgan fingerprint density at radius 1 is 1.41 bits per heavy atom. The number of benzene rings is 1. The van der Waals surface area contributed by atoms with Gasteiger partial charge in [-0.3, -0.25) is 4.79 Å². The quantitative estimate of drug-likeness (QED) is 0.860. The van der Waals surface area contributed by atoms with Crippen LogP contribution >= 0.6 is 12.4 Å². The Morgan fingerprint density at radius 2 is 2.19 bits per heavy atom. The van der Waals surface area contributed by atoms with E-state index in [0.29, 0.717) is 31.2 Å². The molecule has 0 aliphatic carbocycles. The predicted molar refractivity (Wildman–Crippen MR) is 102 cm³/mol. The molecule has 1 atom stereocenters. The molecule has 0 saturated carbocycles. The molecular formula is C19H26ClFN4O2. The summed E-state index contributed by atoms with van der Waals surface area (Å²) in [4.78, 5) is 18.9. The summed E-state index contributed by atoms with van der Waals surface area (Å²) in [5.41, 5.74) is 0.616. The Balaban J connectivity index is 0.00000261. The number of carbonyl (C=O) groups excluding carboxylic acids is 1. The van der Waals surface area contributed by atoms with Crippen LogP contribution in [0.25, 0.3) is 0 Å². The van der Waals surface area contributed by atoms with Crippen molar-refractivity contribution in [2.45, 2.75) is 45.1 Å². The molecule has 3 rings (SSSR count). The van der Waals surface area contributed by atoms with Gasteiger partial charge in [0.15, 0.2) is 5.82 Å². The molecule has 1 amide bonds. The van der Waals surface area contributed by atoms with Gasteiger partial charge in [0, 0.05) is 37.9 Å². The summed E-state index contributed by atoms with van der Waals surface area (Å²) in [5.74, 6) is 0.831. The van der Waals surface area contributed by atoms with E-state index in [1.807, 2.05) is 31.7 Å². The topological polar surface area (TPSA) is 71.3 Å². The number of nitrogens with zero attached hydrogens (tertiary/aromatic N) is 3. The first-order chi connectivity index (χ1) is 12.3. The summed E-state index contributed by atoms with van der Waals surface area (Å²) in [6, 6.07) is 6.27. The van der Waals surface area contributed by atoms with Gasteiger partial charge in [-0.25, -0.2) is 4.39 Å². The average Bonchev–Trinajstić information content (AvgIpc) is 3.09. The third kappa shape index (κ3) is 5.26. The number of nitrogens with one attached hydrogen (secondary N) is 1. The average molecular weight is 397 g/mol. The minimum atomic E-state index is -0.291. The fourth-order valence-electron chi connectivity index (χ4n) is 3.03. The van der Waals surface area contributed by atoms with E-state index >= 15 is 0 Å². The van der Waals surface area contributed by atoms with Crippen molar-refractivity contribution in [3.05, 3.63) is 47.4 Å². The Hall–Kier alpha value is -1.99. The van der Waals surface area contributed by atoms with Crippen LogP contribution in [0.2, 0.25) is 0 Å². The number of amides is 1. The van der Waals surface area contributed by atoms with Crippen molar-refractivity contribution in [3.63, 3.8) is 0 Å². The molecular weight excluding hydrogens is 371 g/mol. The van der Waals surface area contributed by atoms with E-state index in [4.69, 9.17) is 4.52 Å². The van der Waals surface area contributed by atoms with Gasteiger partial charge in [-0.1, -0.05) is 38.1 Å². The smallest absolute Gasteiger partial charge is 0.227 e. The highest BCUT2D eigenvalue weighted by Crippen LogP contribution is 2.24. The van der Waals surface area contributed by atoms with Crippen molar-refractivity contribution in [2.75, 3.05) is 19.6 Å². The van der Waals surface area contributed by atoms with Crippen molar-refractivity contribution in [1.82, 2.24) is 20.4 Å². The number of aryl methyl sites for hydroxylation is 1. The first kappa shape index (κ1) is 21.3. The summed E-state index contributed by atoms with van der Waals surface area (Å²) in [5, 5.41) is 7.26. The number of hydrogen-bond acceptors (Lipinski definition) is 5. The van der Waals surface area contributed by atoms with E-state index in [9.17, 15) is 9.18 Å². The van der Waals surface area contributed by atoms with E-state index in [0.717, 1.165) is 12.1 Å². The second kappa shape index (κ2) is 8.80. The summed E-state index contributed by atoms with van der Waals surface area (Å²) in [7, 11) is 0. The fraction of sp³-hybridized carbons (Fsp3) is 0.526. The molecule has 2 aromatic rings. The first-order valence-electron chi connectivity index (χ1n) is 8.93. The minimum Gasteiger partial charge on any atom is -0.339 e. The number of rotatable bonds is 4. The van der Waals surface area contributed by atoms with Crippen LogP contribution in [-0.4, -0.2) is 40.6 Å². The molecule has 1 N–H and O–H groups in total. The molecule has 6 nitrogen and oxygen atoms in total. The summed E-state index contributed by atoms with van der Waals surface area (Å²) in [6.07, 6.45) is 0.694. The summed E-state index contributed by atoms with van der Waals surface area (Å²) >= 11 is 0. The molecule has 1 aliphatic rings. The Morgan fingerprint density at radius 3 is 2.85 bits per heavy atom. The van der Waals surface area contributed by atoms with Crippen LogP contribution in [0.3, 0.4) is 0 Å². The normalized spacial score (nSPS) is 17.5. The number of carbonyl (C=O) groups is 1. The Kier molecular flexibility index (Phi) is 6.95. The van der Waals surface area contributed by atoms with E-state index in [-0.39, 0.29) is 42.0 Å². The lowest BCUT2D eigenvalue weighted by Gasteiger charge is -2.36. The highest BCUT2D eigenvalue weighted by Gasteiger charge is 2.28. The van der Waals surface area contributed by atoms with Gasteiger partial charge >= 0.3 is 0 Å². The number of aromatic nitrogens is 2. The zero-order valence-corrected chi connectivity index (χ0v) is 16.7. The van der Waals surface area contributed by atoms with E-state index in [1.165, 1.54) is 12.1 Å². The number of halogens is 2. The van der Waals surface area contributed by atoms with Crippen molar-refractivity contribution in [1.29, 1.82) is 0 Å². The van der Waals surface area contributed by atoms with Crippen molar-refractivity contribution in [3.8, 4) is 0 Å². The van der Waals surface area contributed by atoms with Crippen LogP contribution in [0.5, 0.6) is 0 Å². The maximum Gasteiger partial charge on any atom is 0.227 e. The van der Waals surface area contributed by atoms with Gasteiger partial charge in [0.05, 0.1) is 6.04 Å². The highest BCUT2D eigenvalue weighted by atomic mass is 35.5. The van der Waals surface area contributed by atoms with E-state index < -0.39 is 0 Å². The van der Waals surface area contributed by atoms with Gasteiger partial charge in [-0.05, 0) is 17.7 Å². The lowest BCUT2D eigenvalue weighted by Crippen LogP contribution is -2.48. The maximum absolute atomic E-state index is 13.6. The van der Waals surface area contributed by atoms with E-state index in [2.05, 4.69) is 15.5 Å². The van der Waals surface area contributed by atoms with Gasteiger partial charge in [-0.15, -0.1) is 12.4 Å². The van der Waals surface area contributed by atoms with Crippen LogP contribution in [0.15, 0.2) is 28.8 Å². The van der Waals surface area contributed by atoms with Crippen LogP contribution < -0.4 is 5.32 Å². The molecule has 8 heteroatoms. The molecule has 148 valence electrons.